The number of nitro groups is 1. The number of nitro benzene ring substituents is 1. The molecule has 0 aliphatic rings. The monoisotopic (exact) mass is 508 g/mol. The molecule has 35 heavy (non-hydrogen) atoms. The molecule has 4 aromatic rings. The summed E-state index contributed by atoms with van der Waals surface area (Å²) in [4.78, 5) is 25.3. The molecule has 0 saturated heterocycles. The minimum absolute atomic E-state index is 0.0544. The Morgan fingerprint density at radius 2 is 1.83 bits per heavy atom. The Bertz CT molecular complexity index is 1360. The summed E-state index contributed by atoms with van der Waals surface area (Å²) in [5, 5.41) is 14.6. The predicted molar refractivity (Wildman–Crippen MR) is 136 cm³/mol. The minimum Gasteiger partial charge on any atom is -0.484 e. The van der Waals surface area contributed by atoms with Crippen molar-refractivity contribution in [1.29, 1.82) is 0 Å². The zero-order valence-electron chi connectivity index (χ0n) is 18.9. The molecule has 4 rings (SSSR count). The standard InChI is InChI=1S/C26H21ClN2O5S/c1-16-6-9-21(10-7-16)35-22-13-18(12-19(14-22)29(31)32)28-26(30)24-11-8-20(34-24)15-33-25-17(2)4-3-5-23(25)27/h3-14H,15H2,1-2H3,(H,28,30). The Morgan fingerprint density at radius 1 is 1.06 bits per heavy atom. The van der Waals surface area contributed by atoms with Crippen LogP contribution in [-0.2, 0) is 6.61 Å². The quantitative estimate of drug-likeness (QED) is 0.196. The molecule has 0 fully saturated rings. The number of halogens is 1. The number of ether oxygens (including phenoxy) is 1. The maximum atomic E-state index is 12.8. The highest BCUT2D eigenvalue weighted by atomic mass is 35.5. The van der Waals surface area contributed by atoms with Crippen LogP contribution in [-0.4, -0.2) is 10.8 Å². The summed E-state index contributed by atoms with van der Waals surface area (Å²) in [6.45, 7) is 3.96. The number of non-ortho nitro benzene ring substituents is 1. The van der Waals surface area contributed by atoms with E-state index in [9.17, 15) is 14.9 Å². The van der Waals surface area contributed by atoms with Crippen LogP contribution in [0.3, 0.4) is 0 Å². The van der Waals surface area contributed by atoms with E-state index in [0.29, 0.717) is 27.1 Å². The van der Waals surface area contributed by atoms with E-state index < -0.39 is 10.8 Å². The molecule has 1 aromatic heterocycles. The second-order valence-corrected chi connectivity index (χ2v) is 9.34. The molecule has 7 nitrogen and oxygen atoms in total. The number of aryl methyl sites for hydroxylation is 2. The van der Waals surface area contributed by atoms with Gasteiger partial charge in [-0.2, -0.15) is 0 Å². The average molecular weight is 509 g/mol. The molecule has 1 amide bonds. The Kier molecular flexibility index (Phi) is 7.43. The minimum atomic E-state index is -0.531. The number of nitrogens with one attached hydrogen (secondary N) is 1. The molecular formula is C26H21ClN2O5S. The van der Waals surface area contributed by atoms with Crippen molar-refractivity contribution in [3.63, 3.8) is 0 Å². The molecule has 0 aliphatic carbocycles. The van der Waals surface area contributed by atoms with Gasteiger partial charge in [-0.15, -0.1) is 0 Å². The number of nitrogens with zero attached hydrogens (tertiary/aromatic N) is 1. The van der Waals surface area contributed by atoms with E-state index in [1.807, 2.05) is 50.2 Å². The highest BCUT2D eigenvalue weighted by Gasteiger charge is 2.16. The van der Waals surface area contributed by atoms with Gasteiger partial charge in [0, 0.05) is 27.6 Å². The summed E-state index contributed by atoms with van der Waals surface area (Å²) in [5.41, 5.74) is 2.17. The third-order valence-electron chi connectivity index (χ3n) is 5.02. The summed E-state index contributed by atoms with van der Waals surface area (Å²) in [6, 6.07) is 20.9. The number of hydrogen-bond donors (Lipinski definition) is 1. The van der Waals surface area contributed by atoms with Gasteiger partial charge < -0.3 is 14.5 Å². The molecule has 0 unspecified atom stereocenters. The van der Waals surface area contributed by atoms with Gasteiger partial charge in [-0.05, 0) is 55.8 Å². The Hall–Kier alpha value is -3.75. The second-order valence-electron chi connectivity index (χ2n) is 7.78. The fraction of sp³-hybridized carbons (Fsp3) is 0.115. The van der Waals surface area contributed by atoms with Crippen LogP contribution in [0, 0.1) is 24.0 Å². The SMILES string of the molecule is Cc1ccc(Sc2cc(NC(=O)c3ccc(COc4c(C)cccc4Cl)o3)cc([N+](=O)[O-])c2)cc1. The van der Waals surface area contributed by atoms with Crippen LogP contribution in [0.15, 0.2) is 87.0 Å². The number of para-hydroxylation sites is 1. The van der Waals surface area contributed by atoms with Gasteiger partial charge in [0.15, 0.2) is 5.76 Å². The van der Waals surface area contributed by atoms with Crippen molar-refractivity contribution in [2.45, 2.75) is 30.2 Å². The molecule has 0 saturated carbocycles. The first-order chi connectivity index (χ1) is 16.8. The lowest BCUT2D eigenvalue weighted by atomic mass is 10.2. The van der Waals surface area contributed by atoms with Crippen molar-refractivity contribution in [2.24, 2.45) is 0 Å². The topological polar surface area (TPSA) is 94.6 Å². The van der Waals surface area contributed by atoms with E-state index >= 15 is 0 Å². The summed E-state index contributed by atoms with van der Waals surface area (Å²) >= 11 is 7.55. The van der Waals surface area contributed by atoms with Crippen LogP contribution in [0.1, 0.15) is 27.4 Å². The van der Waals surface area contributed by atoms with E-state index in [0.717, 1.165) is 16.0 Å². The first-order valence-corrected chi connectivity index (χ1v) is 11.8. The van der Waals surface area contributed by atoms with Gasteiger partial charge >= 0.3 is 0 Å². The molecule has 1 heterocycles. The number of carbonyl (C=O) groups is 1. The van der Waals surface area contributed by atoms with Crippen molar-refractivity contribution in [2.75, 3.05) is 5.32 Å². The number of furan rings is 1. The summed E-state index contributed by atoms with van der Waals surface area (Å²) < 4.78 is 11.4. The lowest BCUT2D eigenvalue weighted by Gasteiger charge is -2.09. The van der Waals surface area contributed by atoms with Gasteiger partial charge in [-0.25, -0.2) is 0 Å². The van der Waals surface area contributed by atoms with E-state index in [-0.39, 0.29) is 18.1 Å². The molecule has 0 bridgehead atoms. The van der Waals surface area contributed by atoms with E-state index in [1.165, 1.54) is 30.0 Å². The maximum Gasteiger partial charge on any atom is 0.291 e. The predicted octanol–water partition coefficient (Wildman–Crippen LogP) is 7.44. The molecule has 0 atom stereocenters. The first kappa shape index (κ1) is 24.4. The largest absolute Gasteiger partial charge is 0.484 e. The van der Waals surface area contributed by atoms with Gasteiger partial charge in [0.2, 0.25) is 0 Å². The van der Waals surface area contributed by atoms with Crippen molar-refractivity contribution in [1.82, 2.24) is 0 Å². The molecule has 1 N–H and O–H groups in total. The summed E-state index contributed by atoms with van der Waals surface area (Å²) in [6.07, 6.45) is 0. The normalized spacial score (nSPS) is 10.7. The zero-order valence-corrected chi connectivity index (χ0v) is 20.5. The van der Waals surface area contributed by atoms with Gasteiger partial charge in [0.1, 0.15) is 18.1 Å². The molecule has 0 aliphatic heterocycles. The summed E-state index contributed by atoms with van der Waals surface area (Å²) in [5.74, 6) is 0.506. The first-order valence-electron chi connectivity index (χ1n) is 10.6. The van der Waals surface area contributed by atoms with Gasteiger partial charge in [-0.1, -0.05) is 53.2 Å². The highest BCUT2D eigenvalue weighted by molar-refractivity contribution is 7.99. The fourth-order valence-electron chi connectivity index (χ4n) is 3.28. The Balaban J connectivity index is 1.47. The smallest absolute Gasteiger partial charge is 0.291 e. The van der Waals surface area contributed by atoms with Crippen LogP contribution in [0.5, 0.6) is 5.75 Å². The van der Waals surface area contributed by atoms with E-state index in [4.69, 9.17) is 20.8 Å². The molecule has 3 aromatic carbocycles. The van der Waals surface area contributed by atoms with Crippen LogP contribution in [0.25, 0.3) is 0 Å². The number of amides is 1. The van der Waals surface area contributed by atoms with Crippen molar-refractivity contribution in [3.05, 3.63) is 111 Å². The maximum absolute atomic E-state index is 12.8. The van der Waals surface area contributed by atoms with Crippen LogP contribution >= 0.6 is 23.4 Å². The van der Waals surface area contributed by atoms with Crippen molar-refractivity contribution >= 4 is 40.6 Å². The fourth-order valence-corrected chi connectivity index (χ4v) is 4.46. The Morgan fingerprint density at radius 3 is 2.54 bits per heavy atom. The van der Waals surface area contributed by atoms with Crippen LogP contribution < -0.4 is 10.1 Å². The van der Waals surface area contributed by atoms with Crippen molar-refractivity contribution in [3.8, 4) is 5.75 Å². The lowest BCUT2D eigenvalue weighted by molar-refractivity contribution is -0.385. The Labute approximate surface area is 211 Å². The third kappa shape index (κ3) is 6.23. The van der Waals surface area contributed by atoms with E-state index in [1.54, 1.807) is 18.2 Å². The van der Waals surface area contributed by atoms with Crippen molar-refractivity contribution < 1.29 is 18.9 Å². The van der Waals surface area contributed by atoms with Crippen LogP contribution in [0.2, 0.25) is 5.02 Å². The average Bonchev–Trinajstić information content (AvgIpc) is 3.29. The molecule has 0 radical (unpaired) electrons. The zero-order chi connectivity index (χ0) is 24.9. The van der Waals surface area contributed by atoms with Gasteiger partial charge in [0.05, 0.1) is 9.95 Å². The third-order valence-corrected chi connectivity index (χ3v) is 6.30. The lowest BCUT2D eigenvalue weighted by Crippen LogP contribution is -2.11. The number of hydrogen-bond acceptors (Lipinski definition) is 6. The number of benzene rings is 3. The molecule has 0 spiro atoms. The van der Waals surface area contributed by atoms with Gasteiger partial charge in [0.25, 0.3) is 11.6 Å². The number of rotatable bonds is 8. The highest BCUT2D eigenvalue weighted by Crippen LogP contribution is 2.33. The van der Waals surface area contributed by atoms with Crippen LogP contribution in [0.4, 0.5) is 11.4 Å². The molecule has 9 heteroatoms. The van der Waals surface area contributed by atoms with E-state index in [2.05, 4.69) is 5.32 Å². The molecule has 178 valence electrons. The molecular weight excluding hydrogens is 488 g/mol. The second kappa shape index (κ2) is 10.7. The number of carbonyl (C=O) groups excluding carboxylic acids is 1. The summed E-state index contributed by atoms with van der Waals surface area (Å²) in [7, 11) is 0. The number of anilines is 1. The van der Waals surface area contributed by atoms with Gasteiger partial charge in [-0.3, -0.25) is 14.9 Å².